The molecule has 1 atom stereocenters. The molecule has 1 aromatic carbocycles. The highest BCUT2D eigenvalue weighted by atomic mass is 19.3. The van der Waals surface area contributed by atoms with Gasteiger partial charge in [-0.1, -0.05) is 24.3 Å². The van der Waals surface area contributed by atoms with E-state index < -0.39 is 23.8 Å². The summed E-state index contributed by atoms with van der Waals surface area (Å²) in [5, 5.41) is 3.35. The maximum absolute atomic E-state index is 14.6. The number of halogens is 3. The van der Waals surface area contributed by atoms with Crippen LogP contribution >= 0.6 is 0 Å². The van der Waals surface area contributed by atoms with Gasteiger partial charge in [0.2, 0.25) is 5.91 Å². The summed E-state index contributed by atoms with van der Waals surface area (Å²) in [6.45, 7) is 5.25. The van der Waals surface area contributed by atoms with E-state index in [1.165, 1.54) is 19.1 Å². The monoisotopic (exact) mass is 443 g/mol. The molecule has 0 saturated heterocycles. The number of carbonyl (C=O) groups is 1. The van der Waals surface area contributed by atoms with Crippen LogP contribution in [0.25, 0.3) is 17.0 Å². The number of nitrogens with one attached hydrogen (secondary N) is 1. The molecule has 0 spiro atoms. The first-order valence-corrected chi connectivity index (χ1v) is 10.0. The van der Waals surface area contributed by atoms with Gasteiger partial charge < -0.3 is 9.88 Å². The molecular weight excluding hydrogens is 419 g/mol. The molecule has 1 amide bonds. The molecule has 3 rings (SSSR count). The van der Waals surface area contributed by atoms with E-state index in [4.69, 9.17) is 0 Å². The number of alkyl halides is 2. The number of rotatable bonds is 6. The normalized spacial score (nSPS) is 13.3. The second-order valence-electron chi connectivity index (χ2n) is 7.36. The number of aryl methyl sites for hydroxylation is 2. The summed E-state index contributed by atoms with van der Waals surface area (Å²) < 4.78 is 42.7. The molecule has 2 heterocycles. The van der Waals surface area contributed by atoms with Gasteiger partial charge >= 0.3 is 0 Å². The van der Waals surface area contributed by atoms with Crippen LogP contribution in [-0.4, -0.2) is 27.0 Å². The van der Waals surface area contributed by atoms with E-state index in [1.54, 1.807) is 31.3 Å². The number of pyridine rings is 1. The van der Waals surface area contributed by atoms with Crippen molar-refractivity contribution in [2.24, 2.45) is 12.0 Å². The fourth-order valence-corrected chi connectivity index (χ4v) is 3.26. The lowest BCUT2D eigenvalue weighted by Gasteiger charge is -2.13. The number of amides is 1. The van der Waals surface area contributed by atoms with Crippen molar-refractivity contribution >= 4 is 22.9 Å². The Hall–Kier alpha value is -3.49. The van der Waals surface area contributed by atoms with Gasteiger partial charge in [-0.3, -0.25) is 14.8 Å². The number of carbonyl (C=O) groups excluding carboxylic acids is 1. The summed E-state index contributed by atoms with van der Waals surface area (Å²) in [5.41, 5.74) is 1.19. The third-order valence-corrected chi connectivity index (χ3v) is 5.08. The minimum atomic E-state index is -2.91. The molecule has 168 valence electrons. The molecule has 0 aliphatic carbocycles. The Bertz CT molecular complexity index is 1250. The van der Waals surface area contributed by atoms with Crippen molar-refractivity contribution in [2.45, 2.75) is 33.2 Å². The average Bonchev–Trinajstić information content (AvgIpc) is 2.74. The SMILES string of the molecule is CC(=O)NC/C=C/c1cc2/c(=N/[C@H](C)c3cccc(C(F)F)c3F)nc(C)n(C)c2cn1. The molecule has 0 saturated carbocycles. The molecule has 0 bridgehead atoms. The van der Waals surface area contributed by atoms with E-state index in [1.807, 2.05) is 18.5 Å². The maximum atomic E-state index is 14.6. The van der Waals surface area contributed by atoms with Gasteiger partial charge in [-0.2, -0.15) is 0 Å². The van der Waals surface area contributed by atoms with Crippen molar-refractivity contribution in [1.82, 2.24) is 19.9 Å². The summed E-state index contributed by atoms with van der Waals surface area (Å²) in [5.74, 6) is -0.420. The highest BCUT2D eigenvalue weighted by molar-refractivity contribution is 5.79. The van der Waals surface area contributed by atoms with Gasteiger partial charge in [0.15, 0.2) is 5.49 Å². The van der Waals surface area contributed by atoms with Crippen LogP contribution in [0.3, 0.4) is 0 Å². The summed E-state index contributed by atoms with van der Waals surface area (Å²) in [7, 11) is 1.84. The van der Waals surface area contributed by atoms with Gasteiger partial charge in [-0.15, -0.1) is 0 Å². The number of hydrogen-bond donors (Lipinski definition) is 1. The average molecular weight is 443 g/mol. The lowest BCUT2D eigenvalue weighted by atomic mass is 10.0. The number of benzene rings is 1. The fraction of sp³-hybridized carbons (Fsp3) is 0.304. The first kappa shape index (κ1) is 23.2. The molecule has 6 nitrogen and oxygen atoms in total. The minimum Gasteiger partial charge on any atom is -0.353 e. The largest absolute Gasteiger partial charge is 0.353 e. The van der Waals surface area contributed by atoms with Crippen molar-refractivity contribution < 1.29 is 18.0 Å². The van der Waals surface area contributed by atoms with Gasteiger partial charge in [-0.05, 0) is 26.0 Å². The van der Waals surface area contributed by atoms with Crippen LogP contribution < -0.4 is 10.8 Å². The second kappa shape index (κ2) is 9.76. The van der Waals surface area contributed by atoms with Crippen LogP contribution in [-0.2, 0) is 11.8 Å². The van der Waals surface area contributed by atoms with E-state index in [-0.39, 0.29) is 11.5 Å². The third kappa shape index (κ3) is 5.04. The van der Waals surface area contributed by atoms with Gasteiger partial charge in [0.25, 0.3) is 6.43 Å². The van der Waals surface area contributed by atoms with Crippen LogP contribution in [0.2, 0.25) is 0 Å². The lowest BCUT2D eigenvalue weighted by molar-refractivity contribution is -0.118. The quantitative estimate of drug-likeness (QED) is 0.622. The Morgan fingerprint density at radius 1 is 1.31 bits per heavy atom. The van der Waals surface area contributed by atoms with Gasteiger partial charge in [0.1, 0.15) is 11.6 Å². The molecular formula is C23H24F3N5O. The molecule has 0 radical (unpaired) electrons. The van der Waals surface area contributed by atoms with Gasteiger partial charge in [-0.25, -0.2) is 18.2 Å². The van der Waals surface area contributed by atoms with E-state index in [0.717, 1.165) is 11.6 Å². The van der Waals surface area contributed by atoms with E-state index in [2.05, 4.69) is 20.3 Å². The molecule has 0 unspecified atom stereocenters. The number of aromatic nitrogens is 3. The topological polar surface area (TPSA) is 72.2 Å². The Labute approximate surface area is 183 Å². The second-order valence-corrected chi connectivity index (χ2v) is 7.36. The first-order chi connectivity index (χ1) is 15.2. The maximum Gasteiger partial charge on any atom is 0.266 e. The Morgan fingerprint density at radius 2 is 2.03 bits per heavy atom. The summed E-state index contributed by atoms with van der Waals surface area (Å²) >= 11 is 0. The van der Waals surface area contributed by atoms with Gasteiger partial charge in [0, 0.05) is 31.5 Å². The Morgan fingerprint density at radius 3 is 2.72 bits per heavy atom. The zero-order chi connectivity index (χ0) is 23.4. The van der Waals surface area contributed by atoms with Crippen molar-refractivity contribution in [3.63, 3.8) is 0 Å². The summed E-state index contributed by atoms with van der Waals surface area (Å²) in [6.07, 6.45) is 2.30. The highest BCUT2D eigenvalue weighted by Crippen LogP contribution is 2.28. The van der Waals surface area contributed by atoms with Crippen molar-refractivity contribution in [2.75, 3.05) is 6.54 Å². The molecule has 9 heteroatoms. The zero-order valence-electron chi connectivity index (χ0n) is 18.2. The lowest BCUT2D eigenvalue weighted by Crippen LogP contribution is -2.19. The van der Waals surface area contributed by atoms with Crippen LogP contribution in [0.15, 0.2) is 41.5 Å². The predicted octanol–water partition coefficient (Wildman–Crippen LogP) is 4.16. The third-order valence-electron chi connectivity index (χ3n) is 5.08. The molecule has 1 N–H and O–H groups in total. The van der Waals surface area contributed by atoms with Crippen molar-refractivity contribution in [3.05, 3.63) is 70.5 Å². The van der Waals surface area contributed by atoms with E-state index in [9.17, 15) is 18.0 Å². The fourth-order valence-electron chi connectivity index (χ4n) is 3.26. The minimum absolute atomic E-state index is 0.0770. The highest BCUT2D eigenvalue weighted by Gasteiger charge is 2.19. The zero-order valence-corrected chi connectivity index (χ0v) is 18.2. The van der Waals surface area contributed by atoms with Crippen molar-refractivity contribution in [1.29, 1.82) is 0 Å². The Balaban J connectivity index is 2.09. The standard InChI is InChI=1S/C23H24F3N5O/c1-13(17-8-5-9-18(21(17)24)22(25)26)29-23-19-11-16(7-6-10-27-15(3)32)28-12-20(19)31(4)14(2)30-23/h5-9,11-13,22H,10H2,1-4H3,(H,27,32)/b7-6+,29-23-/t13-/m1/s1. The summed E-state index contributed by atoms with van der Waals surface area (Å²) in [6, 6.07) is 4.98. The number of nitrogens with zero attached hydrogens (tertiary/aromatic N) is 4. The van der Waals surface area contributed by atoms with Crippen LogP contribution in [0, 0.1) is 12.7 Å². The number of fused-ring (bicyclic) bond motifs is 1. The molecule has 3 aromatic rings. The van der Waals surface area contributed by atoms with Crippen LogP contribution in [0.4, 0.5) is 13.2 Å². The number of hydrogen-bond acceptors (Lipinski definition) is 4. The van der Waals surface area contributed by atoms with Crippen LogP contribution in [0.5, 0.6) is 0 Å². The molecule has 0 fully saturated rings. The molecule has 0 aliphatic rings. The molecule has 32 heavy (non-hydrogen) atoms. The smallest absolute Gasteiger partial charge is 0.266 e. The van der Waals surface area contributed by atoms with Gasteiger partial charge in [0.05, 0.1) is 29.0 Å². The van der Waals surface area contributed by atoms with E-state index in [0.29, 0.717) is 28.9 Å². The molecule has 0 aliphatic heterocycles. The van der Waals surface area contributed by atoms with Crippen LogP contribution in [0.1, 0.15) is 49.0 Å². The summed E-state index contributed by atoms with van der Waals surface area (Å²) in [4.78, 5) is 24.5. The molecule has 2 aromatic heterocycles. The first-order valence-electron chi connectivity index (χ1n) is 10.0. The Kier molecular flexibility index (Phi) is 7.07. The van der Waals surface area contributed by atoms with Crippen molar-refractivity contribution in [3.8, 4) is 0 Å². The predicted molar refractivity (Wildman–Crippen MR) is 116 cm³/mol. The van der Waals surface area contributed by atoms with E-state index >= 15 is 0 Å².